The van der Waals surface area contributed by atoms with E-state index in [1.165, 1.54) is 4.31 Å². The van der Waals surface area contributed by atoms with Gasteiger partial charge in [-0.05, 0) is 43.3 Å². The third kappa shape index (κ3) is 4.73. The molecule has 2 aromatic rings. The van der Waals surface area contributed by atoms with E-state index in [9.17, 15) is 13.2 Å². The molecule has 1 aliphatic heterocycles. The maximum atomic E-state index is 12.9. The number of ether oxygens (including phenoxy) is 2. The van der Waals surface area contributed by atoms with Gasteiger partial charge in [0.05, 0.1) is 18.6 Å². The van der Waals surface area contributed by atoms with Crippen molar-refractivity contribution in [3.63, 3.8) is 0 Å². The van der Waals surface area contributed by atoms with Crippen LogP contribution in [-0.4, -0.2) is 63.4 Å². The number of benzene rings is 2. The standard InChI is InChI=1S/C20H23BrN2O5S/c1-3-28-19-13-15(7-8-18(19)27-2)20(24)22-9-11-23(12-10-22)29(25,26)17-6-4-5-16(21)14-17/h4-8,13-14H,3,9-12H2,1-2H3. The van der Waals surface area contributed by atoms with E-state index in [0.29, 0.717) is 41.2 Å². The smallest absolute Gasteiger partial charge is 0.254 e. The van der Waals surface area contributed by atoms with Crippen LogP contribution in [0.3, 0.4) is 0 Å². The number of carbonyl (C=O) groups excluding carboxylic acids is 1. The summed E-state index contributed by atoms with van der Waals surface area (Å²) in [5, 5.41) is 0. The van der Waals surface area contributed by atoms with Crippen LogP contribution in [0.25, 0.3) is 0 Å². The van der Waals surface area contributed by atoms with Gasteiger partial charge in [-0.15, -0.1) is 0 Å². The molecule has 0 spiro atoms. The Morgan fingerprint density at radius 1 is 1.07 bits per heavy atom. The summed E-state index contributed by atoms with van der Waals surface area (Å²) in [6, 6.07) is 11.7. The molecule has 2 aromatic carbocycles. The predicted octanol–water partition coefficient (Wildman–Crippen LogP) is 3.00. The number of rotatable bonds is 6. The lowest BCUT2D eigenvalue weighted by Gasteiger charge is -2.34. The van der Waals surface area contributed by atoms with E-state index in [0.717, 1.165) is 0 Å². The highest BCUT2D eigenvalue weighted by Gasteiger charge is 2.30. The Morgan fingerprint density at radius 2 is 1.79 bits per heavy atom. The number of nitrogens with zero attached hydrogens (tertiary/aromatic N) is 2. The van der Waals surface area contributed by atoms with Crippen molar-refractivity contribution < 1.29 is 22.7 Å². The molecule has 1 amide bonds. The van der Waals surface area contributed by atoms with Gasteiger partial charge in [0.1, 0.15) is 0 Å². The largest absolute Gasteiger partial charge is 0.493 e. The highest BCUT2D eigenvalue weighted by molar-refractivity contribution is 9.10. The molecule has 9 heteroatoms. The van der Waals surface area contributed by atoms with Gasteiger partial charge >= 0.3 is 0 Å². The lowest BCUT2D eigenvalue weighted by Crippen LogP contribution is -2.50. The normalized spacial score (nSPS) is 15.2. The van der Waals surface area contributed by atoms with Crippen molar-refractivity contribution >= 4 is 31.9 Å². The van der Waals surface area contributed by atoms with Gasteiger partial charge in [-0.1, -0.05) is 22.0 Å². The Morgan fingerprint density at radius 3 is 2.41 bits per heavy atom. The number of hydrogen-bond acceptors (Lipinski definition) is 5. The van der Waals surface area contributed by atoms with Crippen molar-refractivity contribution in [3.05, 3.63) is 52.5 Å². The molecule has 1 fully saturated rings. The summed E-state index contributed by atoms with van der Waals surface area (Å²) in [6.07, 6.45) is 0. The fraction of sp³-hybridized carbons (Fsp3) is 0.350. The molecule has 1 saturated heterocycles. The number of carbonyl (C=O) groups is 1. The first-order valence-electron chi connectivity index (χ1n) is 9.22. The Labute approximate surface area is 179 Å². The minimum absolute atomic E-state index is 0.159. The first-order valence-corrected chi connectivity index (χ1v) is 11.5. The second-order valence-corrected chi connectivity index (χ2v) is 9.31. The zero-order valence-corrected chi connectivity index (χ0v) is 18.7. The average molecular weight is 483 g/mol. The van der Waals surface area contributed by atoms with E-state index in [4.69, 9.17) is 9.47 Å². The van der Waals surface area contributed by atoms with Crippen LogP contribution in [0.5, 0.6) is 11.5 Å². The summed E-state index contributed by atoms with van der Waals surface area (Å²) in [4.78, 5) is 14.8. The van der Waals surface area contributed by atoms with E-state index in [1.54, 1.807) is 54.5 Å². The molecule has 0 radical (unpaired) electrons. The topological polar surface area (TPSA) is 76.2 Å². The summed E-state index contributed by atoms with van der Waals surface area (Å²) in [5.74, 6) is 0.915. The predicted molar refractivity (Wildman–Crippen MR) is 113 cm³/mol. The molecule has 0 N–H and O–H groups in total. The van der Waals surface area contributed by atoms with Gasteiger partial charge in [-0.3, -0.25) is 4.79 Å². The van der Waals surface area contributed by atoms with E-state index < -0.39 is 10.0 Å². The molecule has 0 unspecified atom stereocenters. The van der Waals surface area contributed by atoms with Gasteiger partial charge in [0, 0.05) is 36.2 Å². The number of amides is 1. The molecular formula is C20H23BrN2O5S. The zero-order chi connectivity index (χ0) is 21.0. The molecule has 1 aliphatic rings. The summed E-state index contributed by atoms with van der Waals surface area (Å²) >= 11 is 3.31. The van der Waals surface area contributed by atoms with Crippen molar-refractivity contribution in [3.8, 4) is 11.5 Å². The second kappa shape index (κ2) is 9.15. The van der Waals surface area contributed by atoms with Crippen molar-refractivity contribution in [2.75, 3.05) is 39.9 Å². The Hall–Kier alpha value is -2.10. The van der Waals surface area contributed by atoms with Crippen LogP contribution >= 0.6 is 15.9 Å². The van der Waals surface area contributed by atoms with Gasteiger partial charge in [0.15, 0.2) is 11.5 Å². The highest BCUT2D eigenvalue weighted by atomic mass is 79.9. The number of hydrogen-bond donors (Lipinski definition) is 0. The molecule has 3 rings (SSSR count). The Kier molecular flexibility index (Phi) is 6.81. The first kappa shape index (κ1) is 21.6. The third-order valence-electron chi connectivity index (χ3n) is 4.67. The van der Waals surface area contributed by atoms with Gasteiger partial charge < -0.3 is 14.4 Å². The van der Waals surface area contributed by atoms with Gasteiger partial charge in [-0.2, -0.15) is 4.31 Å². The van der Waals surface area contributed by atoms with E-state index >= 15 is 0 Å². The monoisotopic (exact) mass is 482 g/mol. The molecule has 0 aromatic heterocycles. The van der Waals surface area contributed by atoms with Crippen LogP contribution < -0.4 is 9.47 Å². The molecule has 0 aliphatic carbocycles. The molecule has 1 heterocycles. The molecule has 29 heavy (non-hydrogen) atoms. The second-order valence-electron chi connectivity index (χ2n) is 6.45. The first-order chi connectivity index (χ1) is 13.9. The summed E-state index contributed by atoms with van der Waals surface area (Å²) < 4.78 is 38.6. The van der Waals surface area contributed by atoms with Crippen LogP contribution in [0.4, 0.5) is 0 Å². The maximum Gasteiger partial charge on any atom is 0.254 e. The van der Waals surface area contributed by atoms with Crippen LogP contribution in [0.15, 0.2) is 51.8 Å². The summed E-state index contributed by atoms with van der Waals surface area (Å²) in [6.45, 7) is 3.45. The number of methoxy groups -OCH3 is 1. The number of piperazine rings is 1. The van der Waals surface area contributed by atoms with Crippen LogP contribution in [0, 0.1) is 0 Å². The van der Waals surface area contributed by atoms with Crippen LogP contribution in [-0.2, 0) is 10.0 Å². The van der Waals surface area contributed by atoms with Crippen molar-refractivity contribution in [2.45, 2.75) is 11.8 Å². The molecule has 0 saturated carbocycles. The fourth-order valence-corrected chi connectivity index (χ4v) is 5.19. The zero-order valence-electron chi connectivity index (χ0n) is 16.3. The van der Waals surface area contributed by atoms with Crippen molar-refractivity contribution in [1.29, 1.82) is 0 Å². The molecular weight excluding hydrogens is 460 g/mol. The Bertz CT molecular complexity index is 988. The van der Waals surface area contributed by atoms with E-state index in [1.807, 2.05) is 6.92 Å². The highest BCUT2D eigenvalue weighted by Crippen LogP contribution is 2.29. The van der Waals surface area contributed by atoms with E-state index in [-0.39, 0.29) is 23.9 Å². The summed E-state index contributed by atoms with van der Waals surface area (Å²) in [7, 11) is -2.05. The molecule has 0 bridgehead atoms. The molecule has 156 valence electrons. The van der Waals surface area contributed by atoms with E-state index in [2.05, 4.69) is 15.9 Å². The minimum Gasteiger partial charge on any atom is -0.493 e. The van der Waals surface area contributed by atoms with Gasteiger partial charge in [0.2, 0.25) is 10.0 Å². The summed E-state index contributed by atoms with van der Waals surface area (Å²) in [5.41, 5.74) is 0.484. The third-order valence-corrected chi connectivity index (χ3v) is 7.06. The van der Waals surface area contributed by atoms with Crippen molar-refractivity contribution in [1.82, 2.24) is 9.21 Å². The van der Waals surface area contributed by atoms with Crippen LogP contribution in [0.2, 0.25) is 0 Å². The lowest BCUT2D eigenvalue weighted by molar-refractivity contribution is 0.0697. The van der Waals surface area contributed by atoms with Gasteiger partial charge in [-0.25, -0.2) is 8.42 Å². The molecule has 0 atom stereocenters. The lowest BCUT2D eigenvalue weighted by atomic mass is 10.1. The Balaban J connectivity index is 1.70. The quantitative estimate of drug-likeness (QED) is 0.632. The average Bonchev–Trinajstić information content (AvgIpc) is 2.73. The number of halogens is 1. The van der Waals surface area contributed by atoms with Crippen LogP contribution in [0.1, 0.15) is 17.3 Å². The minimum atomic E-state index is -3.59. The fourth-order valence-electron chi connectivity index (χ4n) is 3.17. The van der Waals surface area contributed by atoms with Gasteiger partial charge in [0.25, 0.3) is 5.91 Å². The maximum absolute atomic E-state index is 12.9. The molecule has 7 nitrogen and oxygen atoms in total. The SMILES string of the molecule is CCOc1cc(C(=O)N2CCN(S(=O)(=O)c3cccc(Br)c3)CC2)ccc1OC. The number of sulfonamides is 1. The van der Waals surface area contributed by atoms with Crippen molar-refractivity contribution in [2.24, 2.45) is 0 Å².